The molecule has 0 fully saturated rings. The highest BCUT2D eigenvalue weighted by Gasteiger charge is 2.29. The van der Waals surface area contributed by atoms with Crippen molar-refractivity contribution in [1.29, 1.82) is 0 Å². The van der Waals surface area contributed by atoms with Crippen molar-refractivity contribution in [2.24, 2.45) is 5.73 Å². The lowest BCUT2D eigenvalue weighted by atomic mass is 10.1. The van der Waals surface area contributed by atoms with Crippen molar-refractivity contribution in [1.82, 2.24) is 0 Å². The zero-order valence-electron chi connectivity index (χ0n) is 17.9. The minimum absolute atomic E-state index is 0.0525. The van der Waals surface area contributed by atoms with Crippen LogP contribution >= 0.6 is 0 Å². The Hall–Kier alpha value is -4.05. The van der Waals surface area contributed by atoms with Crippen LogP contribution in [0.3, 0.4) is 0 Å². The Bertz CT molecular complexity index is 1140. The second-order valence-corrected chi connectivity index (χ2v) is 7.16. The lowest BCUT2D eigenvalue weighted by Gasteiger charge is -2.15. The Morgan fingerprint density at radius 2 is 1.62 bits per heavy atom. The number of nitrogens with two attached hydrogens (primary N) is 1. The number of ether oxygens (including phenoxy) is 2. The van der Waals surface area contributed by atoms with Gasteiger partial charge < -0.3 is 20.5 Å². The second kappa shape index (κ2) is 11.2. The van der Waals surface area contributed by atoms with Gasteiger partial charge in [0.1, 0.15) is 12.4 Å². The fraction of sp³-hybridized carbons (Fsp3) is 0.167. The number of rotatable bonds is 8. The van der Waals surface area contributed by atoms with Crippen molar-refractivity contribution in [3.05, 3.63) is 89.5 Å². The van der Waals surface area contributed by atoms with E-state index in [0.717, 1.165) is 11.1 Å². The number of carbonyl (C=O) groups excluding carboxylic acids is 2. The van der Waals surface area contributed by atoms with Crippen molar-refractivity contribution in [3.63, 3.8) is 0 Å². The Kier molecular flexibility index (Phi) is 8.10. The van der Waals surface area contributed by atoms with Gasteiger partial charge in [-0.25, -0.2) is 4.79 Å². The van der Waals surface area contributed by atoms with E-state index in [1.807, 2.05) is 0 Å². The molecule has 0 aliphatic carbocycles. The SMILES string of the molecule is NCc1cccc(NC(=O)c2ccc(OCC(F)(F)F)c(NC(=O)OCc3ccccc3)c2)c1. The predicted molar refractivity (Wildman–Crippen MR) is 121 cm³/mol. The molecule has 3 aromatic carbocycles. The van der Waals surface area contributed by atoms with E-state index < -0.39 is 24.8 Å². The maximum Gasteiger partial charge on any atom is 0.422 e. The first-order valence-electron chi connectivity index (χ1n) is 10.1. The summed E-state index contributed by atoms with van der Waals surface area (Å²) in [6, 6.07) is 19.4. The first-order chi connectivity index (χ1) is 16.2. The van der Waals surface area contributed by atoms with Crippen LogP contribution in [0, 0.1) is 0 Å². The predicted octanol–water partition coefficient (Wildman–Crippen LogP) is 5.09. The number of amides is 2. The molecule has 0 unspecified atom stereocenters. The lowest BCUT2D eigenvalue weighted by molar-refractivity contribution is -0.153. The molecule has 34 heavy (non-hydrogen) atoms. The molecule has 0 radical (unpaired) electrons. The molecule has 4 N–H and O–H groups in total. The fourth-order valence-corrected chi connectivity index (χ4v) is 2.90. The van der Waals surface area contributed by atoms with E-state index >= 15 is 0 Å². The zero-order valence-corrected chi connectivity index (χ0v) is 17.9. The highest BCUT2D eigenvalue weighted by atomic mass is 19.4. The van der Waals surface area contributed by atoms with E-state index in [1.165, 1.54) is 18.2 Å². The summed E-state index contributed by atoms with van der Waals surface area (Å²) in [6.45, 7) is -1.34. The van der Waals surface area contributed by atoms with Gasteiger partial charge in [-0.15, -0.1) is 0 Å². The van der Waals surface area contributed by atoms with Gasteiger partial charge in [-0.2, -0.15) is 13.2 Å². The van der Waals surface area contributed by atoms with Gasteiger partial charge in [-0.05, 0) is 41.5 Å². The molecule has 10 heteroatoms. The van der Waals surface area contributed by atoms with Crippen LogP contribution in [0.4, 0.5) is 29.3 Å². The zero-order chi connectivity index (χ0) is 24.6. The van der Waals surface area contributed by atoms with Crippen LogP contribution < -0.4 is 21.1 Å². The Morgan fingerprint density at radius 1 is 0.882 bits per heavy atom. The molecule has 0 saturated carbocycles. The molecule has 0 aliphatic heterocycles. The van der Waals surface area contributed by atoms with E-state index in [2.05, 4.69) is 10.6 Å². The summed E-state index contributed by atoms with van der Waals surface area (Å²) in [4.78, 5) is 24.9. The topological polar surface area (TPSA) is 103 Å². The first-order valence-corrected chi connectivity index (χ1v) is 10.1. The number of benzene rings is 3. The monoisotopic (exact) mass is 473 g/mol. The van der Waals surface area contributed by atoms with Crippen molar-refractivity contribution >= 4 is 23.4 Å². The van der Waals surface area contributed by atoms with Crippen LogP contribution in [-0.2, 0) is 17.9 Å². The van der Waals surface area contributed by atoms with Crippen LogP contribution in [0.1, 0.15) is 21.5 Å². The largest absolute Gasteiger partial charge is 0.482 e. The summed E-state index contributed by atoms with van der Waals surface area (Å²) < 4.78 is 47.9. The Labute approximate surface area is 193 Å². The van der Waals surface area contributed by atoms with Gasteiger partial charge in [0.2, 0.25) is 0 Å². The molecule has 3 rings (SSSR count). The van der Waals surface area contributed by atoms with E-state index in [-0.39, 0.29) is 30.2 Å². The number of halogens is 3. The van der Waals surface area contributed by atoms with Crippen LogP contribution in [0.5, 0.6) is 5.75 Å². The first kappa shape index (κ1) is 24.6. The average Bonchev–Trinajstić information content (AvgIpc) is 2.82. The summed E-state index contributed by atoms with van der Waals surface area (Å²) in [5.74, 6) is -0.812. The maximum atomic E-state index is 12.7. The molecular weight excluding hydrogens is 451 g/mol. The number of anilines is 2. The Balaban J connectivity index is 1.76. The van der Waals surface area contributed by atoms with E-state index in [1.54, 1.807) is 54.6 Å². The number of hydrogen-bond donors (Lipinski definition) is 3. The van der Waals surface area contributed by atoms with Crippen LogP contribution in [0.25, 0.3) is 0 Å². The van der Waals surface area contributed by atoms with E-state index in [0.29, 0.717) is 5.69 Å². The number of carbonyl (C=O) groups is 2. The van der Waals surface area contributed by atoms with Crippen LogP contribution in [0.2, 0.25) is 0 Å². The summed E-state index contributed by atoms with van der Waals surface area (Å²) in [6.07, 6.45) is -5.51. The van der Waals surface area contributed by atoms with Crippen molar-refractivity contribution < 1.29 is 32.2 Å². The minimum atomic E-state index is -4.59. The normalized spacial score (nSPS) is 10.9. The third kappa shape index (κ3) is 7.52. The molecule has 3 aromatic rings. The molecule has 2 amide bonds. The van der Waals surface area contributed by atoms with Gasteiger partial charge in [-0.3, -0.25) is 10.1 Å². The Morgan fingerprint density at radius 3 is 2.32 bits per heavy atom. The van der Waals surface area contributed by atoms with Crippen molar-refractivity contribution in [2.45, 2.75) is 19.3 Å². The summed E-state index contributed by atoms with van der Waals surface area (Å²) in [5, 5.41) is 5.02. The van der Waals surface area contributed by atoms with Crippen LogP contribution in [-0.4, -0.2) is 24.8 Å². The molecule has 0 heterocycles. The number of hydrogen-bond acceptors (Lipinski definition) is 5. The van der Waals surface area contributed by atoms with Gasteiger partial charge in [0.15, 0.2) is 6.61 Å². The standard InChI is InChI=1S/C24H22F3N3O4/c25-24(26,27)15-34-21-10-9-18(22(31)29-19-8-4-7-17(11-19)13-28)12-20(21)30-23(32)33-14-16-5-2-1-3-6-16/h1-12H,13-15,28H2,(H,29,31)(H,30,32). The minimum Gasteiger partial charge on any atom is -0.482 e. The third-order valence-electron chi connectivity index (χ3n) is 4.50. The van der Waals surface area contributed by atoms with Gasteiger partial charge >= 0.3 is 12.3 Å². The van der Waals surface area contributed by atoms with Crippen molar-refractivity contribution in [2.75, 3.05) is 17.2 Å². The quantitative estimate of drug-likeness (QED) is 0.423. The van der Waals surface area contributed by atoms with Gasteiger partial charge in [0, 0.05) is 17.8 Å². The van der Waals surface area contributed by atoms with E-state index in [4.69, 9.17) is 15.2 Å². The highest BCUT2D eigenvalue weighted by molar-refractivity contribution is 6.05. The molecule has 0 atom stereocenters. The molecule has 7 nitrogen and oxygen atoms in total. The van der Waals surface area contributed by atoms with Crippen molar-refractivity contribution in [3.8, 4) is 5.75 Å². The lowest BCUT2D eigenvalue weighted by Crippen LogP contribution is -2.21. The van der Waals surface area contributed by atoms with Crippen LogP contribution in [0.15, 0.2) is 72.8 Å². The maximum absolute atomic E-state index is 12.7. The van der Waals surface area contributed by atoms with Gasteiger partial charge in [0.25, 0.3) is 5.91 Å². The smallest absolute Gasteiger partial charge is 0.422 e. The molecule has 0 bridgehead atoms. The molecule has 0 saturated heterocycles. The average molecular weight is 473 g/mol. The summed E-state index contributed by atoms with van der Waals surface area (Å²) >= 11 is 0. The third-order valence-corrected chi connectivity index (χ3v) is 4.50. The molecule has 0 spiro atoms. The molecule has 0 aliphatic rings. The fourth-order valence-electron chi connectivity index (χ4n) is 2.90. The molecule has 178 valence electrons. The van der Waals surface area contributed by atoms with Gasteiger partial charge in [0.05, 0.1) is 5.69 Å². The van der Waals surface area contributed by atoms with E-state index in [9.17, 15) is 22.8 Å². The summed E-state index contributed by atoms with van der Waals surface area (Å²) in [7, 11) is 0. The number of nitrogens with one attached hydrogen (secondary N) is 2. The second-order valence-electron chi connectivity index (χ2n) is 7.16. The summed E-state index contributed by atoms with van der Waals surface area (Å²) in [5.41, 5.74) is 7.55. The molecule has 0 aromatic heterocycles. The highest BCUT2D eigenvalue weighted by Crippen LogP contribution is 2.29. The van der Waals surface area contributed by atoms with Gasteiger partial charge in [-0.1, -0.05) is 42.5 Å². The molecular formula is C24H22F3N3O4. The number of alkyl halides is 3.